The summed E-state index contributed by atoms with van der Waals surface area (Å²) in [5.74, 6) is -0.535. The number of rotatable bonds is 7. The van der Waals surface area contributed by atoms with Crippen LogP contribution in [0.1, 0.15) is 17.3 Å². The molecule has 13 heteroatoms. The van der Waals surface area contributed by atoms with Crippen molar-refractivity contribution in [2.45, 2.75) is 12.1 Å². The van der Waals surface area contributed by atoms with E-state index in [1.165, 1.54) is 29.7 Å². The Kier molecular flexibility index (Phi) is 6.65. The number of fused-ring (bicyclic) bond motifs is 1. The molecule has 1 fully saturated rings. The van der Waals surface area contributed by atoms with Gasteiger partial charge in [-0.15, -0.1) is 16.9 Å². The highest BCUT2D eigenvalue weighted by molar-refractivity contribution is 7.07. The minimum Gasteiger partial charge on any atom is -0.377 e. The molecule has 4 aromatic rings. The number of hydrogen-bond acceptors (Lipinski definition) is 10. The van der Waals surface area contributed by atoms with E-state index in [1.54, 1.807) is 17.6 Å². The Bertz CT molecular complexity index is 1590. The smallest absolute Gasteiger partial charge is 0.141 e. The number of hydrazine groups is 2. The monoisotopic (exact) mass is 568 g/mol. The van der Waals surface area contributed by atoms with Crippen LogP contribution in [0, 0.1) is 17.1 Å². The molecule has 0 spiro atoms. The second-order valence-corrected chi connectivity index (χ2v) is 10.2. The third-order valence-electron chi connectivity index (χ3n) is 6.22. The van der Waals surface area contributed by atoms with Gasteiger partial charge in [0.15, 0.2) is 0 Å². The number of anilines is 3. The van der Waals surface area contributed by atoms with E-state index in [-0.39, 0.29) is 17.1 Å². The number of nitrogens with one attached hydrogen (secondary N) is 4. The summed E-state index contributed by atoms with van der Waals surface area (Å²) in [6.07, 6.45) is 3.44. The number of aromatic nitrogens is 2. The van der Waals surface area contributed by atoms with Crippen molar-refractivity contribution in [1.82, 2.24) is 25.9 Å². The number of nitriles is 1. The first-order valence-electron chi connectivity index (χ1n) is 11.5. The number of hydrogen-bond donors (Lipinski definition) is 4. The molecular formula is C25H19Cl2FN8OS. The van der Waals surface area contributed by atoms with Gasteiger partial charge in [-0.05, 0) is 30.3 Å². The molecule has 2 aromatic heterocycles. The summed E-state index contributed by atoms with van der Waals surface area (Å²) < 4.78 is 19.0. The highest BCUT2D eigenvalue weighted by Gasteiger charge is 2.31. The van der Waals surface area contributed by atoms with E-state index >= 15 is 0 Å². The van der Waals surface area contributed by atoms with E-state index in [2.05, 4.69) is 37.6 Å². The van der Waals surface area contributed by atoms with Crippen molar-refractivity contribution >= 4 is 62.5 Å². The van der Waals surface area contributed by atoms with Crippen molar-refractivity contribution in [3.8, 4) is 6.07 Å². The maximum absolute atomic E-state index is 13.7. The van der Waals surface area contributed by atoms with Crippen LogP contribution in [-0.4, -0.2) is 34.2 Å². The molecule has 1 saturated heterocycles. The zero-order valence-electron chi connectivity index (χ0n) is 19.5. The van der Waals surface area contributed by atoms with Crippen LogP contribution in [0.15, 0.2) is 59.3 Å². The molecule has 2 aliphatic rings. The fourth-order valence-corrected chi connectivity index (χ4v) is 5.22. The van der Waals surface area contributed by atoms with E-state index in [0.29, 0.717) is 51.8 Å². The van der Waals surface area contributed by atoms with Gasteiger partial charge in [-0.3, -0.25) is 9.99 Å². The van der Waals surface area contributed by atoms with Crippen molar-refractivity contribution in [3.05, 3.63) is 86.4 Å². The maximum Gasteiger partial charge on any atom is 0.141 e. The van der Waals surface area contributed by atoms with Crippen LogP contribution in [0.25, 0.3) is 10.9 Å². The number of thiazole rings is 1. The fourth-order valence-electron chi connectivity index (χ4n) is 4.19. The van der Waals surface area contributed by atoms with Gasteiger partial charge in [0.1, 0.15) is 17.9 Å². The quantitative estimate of drug-likeness (QED) is 0.230. The third kappa shape index (κ3) is 4.69. The second kappa shape index (κ2) is 10.2. The van der Waals surface area contributed by atoms with Gasteiger partial charge in [0.25, 0.3) is 0 Å². The molecule has 192 valence electrons. The van der Waals surface area contributed by atoms with E-state index < -0.39 is 5.82 Å². The molecule has 4 N–H and O–H groups in total. The lowest BCUT2D eigenvalue weighted by atomic mass is 10.1. The van der Waals surface area contributed by atoms with Crippen LogP contribution in [0.4, 0.5) is 21.5 Å². The Morgan fingerprint density at radius 2 is 2.03 bits per heavy atom. The summed E-state index contributed by atoms with van der Waals surface area (Å²) >= 11 is 14.2. The summed E-state index contributed by atoms with van der Waals surface area (Å²) in [4.78, 5) is 8.93. The van der Waals surface area contributed by atoms with Gasteiger partial charge in [0, 0.05) is 34.5 Å². The van der Waals surface area contributed by atoms with Crippen LogP contribution >= 0.6 is 34.5 Å². The number of nitrogens with zero attached hydrogens (tertiary/aromatic N) is 4. The standard InChI is InChI=1S/C25H19Cl2FN8OS/c26-18-4-14(1-2-20(18)28)32-23-13(6-29)7-30-24-17(23)3-15(5-19(24)27)33-25(22-11-38-12-31-22)21-8-36(35-34-21)16-9-37-10-16/h1-5,7-8,11-12,16,25,33-35H,9-10H2,(H,30,32)/t25-/m1/s1. The molecule has 0 saturated carbocycles. The normalized spacial score (nSPS) is 15.9. The predicted octanol–water partition coefficient (Wildman–Crippen LogP) is 5.47. The topological polar surface area (TPSA) is 110 Å². The van der Waals surface area contributed by atoms with Gasteiger partial charge >= 0.3 is 0 Å². The SMILES string of the molecule is N#Cc1cnc2c(Cl)cc(N[C@H](C3=CN(C4COC4)NN3)c3cscn3)cc2c1Nc1ccc(F)c(Cl)c1. The lowest BCUT2D eigenvalue weighted by Gasteiger charge is -2.33. The zero-order valence-corrected chi connectivity index (χ0v) is 21.8. The molecule has 0 bridgehead atoms. The molecule has 4 heterocycles. The largest absolute Gasteiger partial charge is 0.377 e. The first kappa shape index (κ1) is 24.7. The summed E-state index contributed by atoms with van der Waals surface area (Å²) in [6, 6.07) is 9.98. The van der Waals surface area contributed by atoms with Crippen molar-refractivity contribution in [1.29, 1.82) is 5.26 Å². The molecule has 0 radical (unpaired) electrons. The van der Waals surface area contributed by atoms with Gasteiger partial charge in [0.05, 0.1) is 63.0 Å². The highest BCUT2D eigenvalue weighted by Crippen LogP contribution is 2.37. The van der Waals surface area contributed by atoms with E-state index in [0.717, 1.165) is 11.4 Å². The summed E-state index contributed by atoms with van der Waals surface area (Å²) in [5.41, 5.74) is 12.3. The maximum atomic E-state index is 13.7. The fraction of sp³-hybridized carbons (Fsp3) is 0.160. The van der Waals surface area contributed by atoms with Gasteiger partial charge in [-0.25, -0.2) is 9.37 Å². The van der Waals surface area contributed by atoms with E-state index in [1.807, 2.05) is 22.7 Å². The van der Waals surface area contributed by atoms with Gasteiger partial charge in [-0.1, -0.05) is 23.2 Å². The molecule has 9 nitrogen and oxygen atoms in total. The Morgan fingerprint density at radius 3 is 2.74 bits per heavy atom. The van der Waals surface area contributed by atoms with Crippen LogP contribution < -0.4 is 21.6 Å². The molecule has 0 unspecified atom stereocenters. The predicted molar refractivity (Wildman–Crippen MR) is 145 cm³/mol. The molecule has 2 aromatic carbocycles. The van der Waals surface area contributed by atoms with Crippen LogP contribution in [-0.2, 0) is 4.74 Å². The van der Waals surface area contributed by atoms with Crippen molar-refractivity contribution in [2.24, 2.45) is 0 Å². The molecular weight excluding hydrogens is 550 g/mol. The van der Waals surface area contributed by atoms with Crippen molar-refractivity contribution in [3.63, 3.8) is 0 Å². The summed E-state index contributed by atoms with van der Waals surface area (Å²) in [6.45, 7) is 1.30. The highest BCUT2D eigenvalue weighted by atomic mass is 35.5. The minimum atomic E-state index is -0.535. The van der Waals surface area contributed by atoms with Gasteiger partial charge in [0.2, 0.25) is 0 Å². The minimum absolute atomic E-state index is 0.0354. The Balaban J connectivity index is 1.39. The molecule has 1 atom stereocenters. The van der Waals surface area contributed by atoms with Crippen molar-refractivity contribution < 1.29 is 9.13 Å². The Labute approximate surface area is 230 Å². The molecule has 38 heavy (non-hydrogen) atoms. The second-order valence-electron chi connectivity index (χ2n) is 8.68. The van der Waals surface area contributed by atoms with Gasteiger partial charge < -0.3 is 20.8 Å². The van der Waals surface area contributed by atoms with E-state index in [9.17, 15) is 9.65 Å². The van der Waals surface area contributed by atoms with Gasteiger partial charge in [-0.2, -0.15) is 5.26 Å². The number of benzene rings is 2. The Morgan fingerprint density at radius 1 is 1.18 bits per heavy atom. The molecule has 2 aliphatic heterocycles. The van der Waals surface area contributed by atoms with E-state index in [4.69, 9.17) is 27.9 Å². The lowest BCUT2D eigenvalue weighted by Crippen LogP contribution is -2.52. The molecule has 6 rings (SSSR count). The summed E-state index contributed by atoms with van der Waals surface area (Å²) in [7, 11) is 0. The van der Waals surface area contributed by atoms with Crippen LogP contribution in [0.3, 0.4) is 0 Å². The molecule has 0 aliphatic carbocycles. The Hall–Kier alpha value is -3.66. The van der Waals surface area contributed by atoms with Crippen LogP contribution in [0.5, 0.6) is 0 Å². The zero-order chi connectivity index (χ0) is 26.2. The number of ether oxygens (including phenoxy) is 1. The average Bonchev–Trinajstić information content (AvgIpc) is 3.57. The molecule has 0 amide bonds. The third-order valence-corrected chi connectivity index (χ3v) is 7.41. The van der Waals surface area contributed by atoms with Crippen LogP contribution in [0.2, 0.25) is 10.0 Å². The van der Waals surface area contributed by atoms with Crippen molar-refractivity contribution in [2.75, 3.05) is 23.8 Å². The summed E-state index contributed by atoms with van der Waals surface area (Å²) in [5, 5.41) is 21.4. The lowest BCUT2D eigenvalue weighted by molar-refractivity contribution is -0.0635. The average molecular weight is 569 g/mol. The first-order chi connectivity index (χ1) is 18.5. The number of halogens is 3. The number of pyridine rings is 1. The first-order valence-corrected chi connectivity index (χ1v) is 13.2.